The van der Waals surface area contributed by atoms with Gasteiger partial charge in [0.15, 0.2) is 11.4 Å². The second-order valence-corrected chi connectivity index (χ2v) is 9.14. The van der Waals surface area contributed by atoms with Gasteiger partial charge in [-0.05, 0) is 31.5 Å². The van der Waals surface area contributed by atoms with Crippen LogP contribution >= 0.6 is 11.3 Å². The van der Waals surface area contributed by atoms with E-state index in [0.717, 1.165) is 18.5 Å². The van der Waals surface area contributed by atoms with Gasteiger partial charge in [0, 0.05) is 33.4 Å². The number of aldehydes is 1. The summed E-state index contributed by atoms with van der Waals surface area (Å²) in [6.07, 6.45) is 0.761. The number of aryl methyl sites for hydroxylation is 1. The van der Waals surface area contributed by atoms with Crippen molar-refractivity contribution in [3.05, 3.63) is 46.5 Å². The van der Waals surface area contributed by atoms with E-state index in [1.165, 1.54) is 23.5 Å². The Morgan fingerprint density at radius 1 is 1.15 bits per heavy atom. The van der Waals surface area contributed by atoms with Gasteiger partial charge in [-0.2, -0.15) is 9.97 Å². The zero-order valence-corrected chi connectivity index (χ0v) is 20.4. The van der Waals surface area contributed by atoms with Crippen molar-refractivity contribution in [3.63, 3.8) is 0 Å². The van der Waals surface area contributed by atoms with Crippen LogP contribution in [0.3, 0.4) is 0 Å². The lowest BCUT2D eigenvalue weighted by molar-refractivity contribution is 0.112. The number of thiazole rings is 1. The Morgan fingerprint density at radius 2 is 1.79 bits per heavy atom. The fourth-order valence-corrected chi connectivity index (χ4v) is 3.67. The Labute approximate surface area is 196 Å². The first-order chi connectivity index (χ1) is 15.7. The maximum atomic E-state index is 11.3. The molecule has 0 saturated carbocycles. The average Bonchev–Trinajstić information content (AvgIpc) is 3.16. The zero-order chi connectivity index (χ0) is 24.4. The summed E-state index contributed by atoms with van der Waals surface area (Å²) in [5.74, 6) is 1.44. The number of nitrogens with two attached hydrogens (primary N) is 1. The fourth-order valence-electron chi connectivity index (χ4n) is 2.38. The molecule has 0 bridgehead atoms. The maximum absolute atomic E-state index is 11.3. The van der Waals surface area contributed by atoms with E-state index in [-0.39, 0.29) is 4.90 Å². The van der Waals surface area contributed by atoms with E-state index in [0.29, 0.717) is 39.8 Å². The SMILES string of the molecule is CCOC.CNc1cc(NCc2ccc(S(N)(=O)=O)cc2)nc(Nc2nc(C)c(C=O)s2)n1. The third-order valence-corrected chi connectivity index (χ3v) is 6.08. The lowest BCUT2D eigenvalue weighted by atomic mass is 10.2. The number of aromatic nitrogens is 3. The molecule has 33 heavy (non-hydrogen) atoms. The first kappa shape index (κ1) is 26.1. The second-order valence-electron chi connectivity index (χ2n) is 6.54. The Kier molecular flexibility index (Phi) is 9.66. The Morgan fingerprint density at radius 3 is 2.30 bits per heavy atom. The van der Waals surface area contributed by atoms with Gasteiger partial charge in [0.25, 0.3) is 0 Å². The van der Waals surface area contributed by atoms with Crippen LogP contribution in [0.2, 0.25) is 0 Å². The van der Waals surface area contributed by atoms with Gasteiger partial charge in [-0.3, -0.25) is 10.1 Å². The molecule has 178 valence electrons. The van der Waals surface area contributed by atoms with Crippen LogP contribution in [0.15, 0.2) is 35.2 Å². The van der Waals surface area contributed by atoms with Crippen LogP contribution in [0, 0.1) is 6.92 Å². The minimum Gasteiger partial charge on any atom is -0.385 e. The third-order valence-electron chi connectivity index (χ3n) is 4.15. The minimum atomic E-state index is -3.72. The molecule has 0 aliphatic heterocycles. The van der Waals surface area contributed by atoms with Crippen molar-refractivity contribution in [2.45, 2.75) is 25.3 Å². The van der Waals surface area contributed by atoms with E-state index in [1.807, 2.05) is 6.92 Å². The van der Waals surface area contributed by atoms with Gasteiger partial charge < -0.3 is 15.4 Å². The number of hydrogen-bond donors (Lipinski definition) is 4. The van der Waals surface area contributed by atoms with Crippen LogP contribution in [-0.4, -0.2) is 50.4 Å². The number of primary sulfonamides is 1. The van der Waals surface area contributed by atoms with Crippen molar-refractivity contribution in [3.8, 4) is 0 Å². The molecule has 0 amide bonds. The Bertz CT molecular complexity index is 1160. The minimum absolute atomic E-state index is 0.0562. The number of methoxy groups -OCH3 is 1. The molecular weight excluding hydrogens is 466 g/mol. The topological polar surface area (TPSA) is 161 Å². The number of benzene rings is 1. The van der Waals surface area contributed by atoms with Gasteiger partial charge in [-0.15, -0.1) is 0 Å². The summed E-state index contributed by atoms with van der Waals surface area (Å²) in [6.45, 7) is 4.95. The number of carbonyl (C=O) groups is 1. The van der Waals surface area contributed by atoms with Crippen molar-refractivity contribution < 1.29 is 17.9 Å². The predicted molar refractivity (Wildman–Crippen MR) is 130 cm³/mol. The highest BCUT2D eigenvalue weighted by atomic mass is 32.2. The molecule has 2 heterocycles. The van der Waals surface area contributed by atoms with Crippen molar-refractivity contribution in [1.82, 2.24) is 15.0 Å². The highest BCUT2D eigenvalue weighted by Gasteiger charge is 2.11. The summed E-state index contributed by atoms with van der Waals surface area (Å²) in [6, 6.07) is 7.98. The van der Waals surface area contributed by atoms with Gasteiger partial charge in [-0.1, -0.05) is 23.5 Å². The lowest BCUT2D eigenvalue weighted by Crippen LogP contribution is -2.12. The molecule has 0 aliphatic rings. The summed E-state index contributed by atoms with van der Waals surface area (Å²) >= 11 is 1.22. The standard InChI is InChI=1S/C17H19N7O3S2.C3H8O/c1-10-13(9-25)28-17(21-10)24-16-22-14(19-2)7-15(23-16)20-8-11-3-5-12(6-4-11)29(18,26)27;1-3-4-2/h3-7,9H,8H2,1-2H3,(H2,18,26,27)(H3,19,20,21,22,23,24);3H2,1-2H3. The Balaban J connectivity index is 0.000000890. The highest BCUT2D eigenvalue weighted by Crippen LogP contribution is 2.24. The Hall–Kier alpha value is -3.13. The van der Waals surface area contributed by atoms with E-state index in [1.54, 1.807) is 39.3 Å². The number of hydrogen-bond acceptors (Lipinski definition) is 11. The predicted octanol–water partition coefficient (Wildman–Crippen LogP) is 2.75. The zero-order valence-electron chi connectivity index (χ0n) is 18.7. The number of nitrogens with one attached hydrogen (secondary N) is 3. The van der Waals surface area contributed by atoms with Crippen molar-refractivity contribution in [1.29, 1.82) is 0 Å². The molecule has 1 aromatic carbocycles. The highest BCUT2D eigenvalue weighted by molar-refractivity contribution is 7.89. The van der Waals surface area contributed by atoms with E-state index in [2.05, 4.69) is 35.6 Å². The molecule has 0 fully saturated rings. The van der Waals surface area contributed by atoms with Crippen LogP contribution < -0.4 is 21.1 Å². The lowest BCUT2D eigenvalue weighted by Gasteiger charge is -2.10. The van der Waals surface area contributed by atoms with Crippen LogP contribution in [0.5, 0.6) is 0 Å². The van der Waals surface area contributed by atoms with Crippen LogP contribution in [0.4, 0.5) is 22.7 Å². The molecule has 13 heteroatoms. The molecule has 0 aliphatic carbocycles. The second kappa shape index (κ2) is 12.2. The summed E-state index contributed by atoms with van der Waals surface area (Å²) < 4.78 is 27.2. The molecule has 11 nitrogen and oxygen atoms in total. The fraction of sp³-hybridized carbons (Fsp3) is 0.300. The molecule has 3 rings (SSSR count). The van der Waals surface area contributed by atoms with Gasteiger partial charge in [0.1, 0.15) is 11.6 Å². The first-order valence-corrected chi connectivity index (χ1v) is 12.2. The molecule has 0 atom stereocenters. The van der Waals surface area contributed by atoms with Crippen molar-refractivity contribution >= 4 is 50.4 Å². The number of rotatable bonds is 9. The number of ether oxygens (including phenoxy) is 1. The summed E-state index contributed by atoms with van der Waals surface area (Å²) in [5, 5.41) is 14.7. The first-order valence-electron chi connectivity index (χ1n) is 9.81. The third kappa shape index (κ3) is 8.05. The molecule has 0 unspecified atom stereocenters. The van der Waals surface area contributed by atoms with Crippen LogP contribution in [0.1, 0.15) is 27.9 Å². The smallest absolute Gasteiger partial charge is 0.238 e. The summed E-state index contributed by atoms with van der Waals surface area (Å²) in [4.78, 5) is 24.6. The van der Waals surface area contributed by atoms with E-state index in [4.69, 9.17) is 5.14 Å². The van der Waals surface area contributed by atoms with Crippen LogP contribution in [0.25, 0.3) is 0 Å². The average molecular weight is 494 g/mol. The summed E-state index contributed by atoms with van der Waals surface area (Å²) in [5.41, 5.74) is 1.49. The molecular formula is C20H27N7O4S2. The van der Waals surface area contributed by atoms with E-state index < -0.39 is 10.0 Å². The van der Waals surface area contributed by atoms with E-state index in [9.17, 15) is 13.2 Å². The summed E-state index contributed by atoms with van der Waals surface area (Å²) in [7, 11) is -0.302. The number of sulfonamides is 1. The molecule has 5 N–H and O–H groups in total. The maximum Gasteiger partial charge on any atom is 0.238 e. The van der Waals surface area contributed by atoms with Gasteiger partial charge in [-0.25, -0.2) is 18.5 Å². The largest absolute Gasteiger partial charge is 0.385 e. The monoisotopic (exact) mass is 493 g/mol. The molecule has 0 saturated heterocycles. The molecule has 0 spiro atoms. The molecule has 3 aromatic rings. The van der Waals surface area contributed by atoms with Crippen molar-refractivity contribution in [2.24, 2.45) is 5.14 Å². The van der Waals surface area contributed by atoms with Crippen LogP contribution in [-0.2, 0) is 21.3 Å². The molecule has 0 radical (unpaired) electrons. The van der Waals surface area contributed by atoms with Gasteiger partial charge in [0.05, 0.1) is 15.5 Å². The quantitative estimate of drug-likeness (QED) is 0.326. The normalized spacial score (nSPS) is 10.7. The van der Waals surface area contributed by atoms with Gasteiger partial charge in [0.2, 0.25) is 16.0 Å². The molecule has 2 aromatic heterocycles. The van der Waals surface area contributed by atoms with E-state index >= 15 is 0 Å². The number of anilines is 4. The number of nitrogens with zero attached hydrogens (tertiary/aromatic N) is 3. The van der Waals surface area contributed by atoms with Gasteiger partial charge >= 0.3 is 0 Å². The number of carbonyl (C=O) groups excluding carboxylic acids is 1. The van der Waals surface area contributed by atoms with Crippen molar-refractivity contribution in [2.75, 3.05) is 36.7 Å².